The van der Waals surface area contributed by atoms with Gasteiger partial charge in [0.1, 0.15) is 0 Å². The van der Waals surface area contributed by atoms with Crippen LogP contribution in [0.5, 0.6) is 0 Å². The molecule has 250 valence electrons. The summed E-state index contributed by atoms with van der Waals surface area (Å²) in [7, 11) is 0. The molecule has 12 aromatic rings. The van der Waals surface area contributed by atoms with E-state index in [9.17, 15) is 0 Å². The molecule has 2 heteroatoms. The van der Waals surface area contributed by atoms with E-state index in [1.54, 1.807) is 0 Å². The summed E-state index contributed by atoms with van der Waals surface area (Å²) in [5.74, 6) is 0. The molecule has 12 rings (SSSR count). The third-order valence-corrected chi connectivity index (χ3v) is 11.4. The van der Waals surface area contributed by atoms with Crippen molar-refractivity contribution >= 4 is 75.9 Å². The van der Waals surface area contributed by atoms with E-state index in [0.717, 1.165) is 54.9 Å². The van der Waals surface area contributed by atoms with E-state index < -0.39 is 6.04 Å². The van der Waals surface area contributed by atoms with Crippen molar-refractivity contribution in [3.05, 3.63) is 194 Å². The summed E-state index contributed by atoms with van der Waals surface area (Å²) in [6.45, 7) is 0. The Morgan fingerprint density at radius 1 is 0.333 bits per heavy atom. The molecule has 0 amide bonds. The minimum Gasteiger partial charge on any atom is -0.309 e. The molecule has 10 aromatic carbocycles. The van der Waals surface area contributed by atoms with Crippen LogP contribution in [-0.2, 0) is 0 Å². The van der Waals surface area contributed by atoms with Crippen LogP contribution >= 0.6 is 0 Å². The van der Waals surface area contributed by atoms with Crippen LogP contribution < -0.4 is 0 Å². The highest BCUT2D eigenvalue weighted by Gasteiger charge is 2.19. The molecule has 0 aliphatic heterocycles. The van der Waals surface area contributed by atoms with E-state index in [1.807, 2.05) is 28.8 Å². The third-order valence-electron chi connectivity index (χ3n) is 11.4. The number of benzene rings is 10. The Labute approximate surface area is 318 Å². The van der Waals surface area contributed by atoms with Gasteiger partial charge in [-0.25, -0.2) is 0 Å². The number of nitrogens with zero attached hydrogens (tertiary/aromatic N) is 2. The average molecular weight is 690 g/mol. The molecular formula is C52H32N2. The lowest BCUT2D eigenvalue weighted by Crippen LogP contribution is -1.96. The Kier molecular flexibility index (Phi) is 5.16. The number of rotatable bonds is 4. The van der Waals surface area contributed by atoms with Gasteiger partial charge in [-0.2, -0.15) is 0 Å². The van der Waals surface area contributed by atoms with Crippen LogP contribution in [0.1, 0.15) is 6.85 Å². The smallest absolute Gasteiger partial charge is 0.0645 e. The van der Waals surface area contributed by atoms with Crippen molar-refractivity contribution in [2.45, 2.75) is 0 Å². The van der Waals surface area contributed by atoms with Gasteiger partial charge in [0.25, 0.3) is 0 Å². The zero-order chi connectivity index (χ0) is 39.7. The topological polar surface area (TPSA) is 9.86 Å². The lowest BCUT2D eigenvalue weighted by atomic mass is 9.87. The van der Waals surface area contributed by atoms with Gasteiger partial charge < -0.3 is 9.13 Å². The summed E-state index contributed by atoms with van der Waals surface area (Å²) >= 11 is 0. The molecule has 0 unspecified atom stereocenters. The standard InChI is InChI=1S/C52H32N2/c1-3-11-33(12-4-1)39-27-21-35-24-30-44-40(28-22-36-23-29-43(39)51(35)52(36)44)34-19-25-38(26-20-34)54-48-18-10-8-16-42(48)46-31-45-41-15-7-9-17-47(41)53(49(45)32-50(46)54)37-13-5-2-6-14-37/h1-32H/i2D,5D,6D,13D,14D. The molecule has 0 saturated carbocycles. The molecule has 0 radical (unpaired) electrons. The summed E-state index contributed by atoms with van der Waals surface area (Å²) in [5.41, 5.74) is 9.43. The molecule has 0 spiro atoms. The van der Waals surface area contributed by atoms with E-state index >= 15 is 0 Å². The normalized spacial score (nSPS) is 13.4. The van der Waals surface area contributed by atoms with Gasteiger partial charge in [0.05, 0.1) is 28.9 Å². The fourth-order valence-electron chi connectivity index (χ4n) is 9.02. The molecule has 54 heavy (non-hydrogen) atoms. The van der Waals surface area contributed by atoms with E-state index in [1.165, 1.54) is 49.0 Å². The fraction of sp³-hybridized carbons (Fsp3) is 0. The summed E-state index contributed by atoms with van der Waals surface area (Å²) in [5, 5.41) is 11.6. The van der Waals surface area contributed by atoms with Gasteiger partial charge in [0, 0.05) is 32.9 Å². The lowest BCUT2D eigenvalue weighted by Gasteiger charge is -2.17. The SMILES string of the molecule is [2H]c1c([2H])c([2H])c(-n2c3ccccc3c3cc4c5ccccc5n(-c5ccc(-c6ccc7ccc8c(-c9ccccc9)ccc9ccc6c7c98)cc5)c4cc32)c([2H])c1[2H]. The first-order valence-corrected chi connectivity index (χ1v) is 18.3. The molecule has 2 aromatic heterocycles. The van der Waals surface area contributed by atoms with Crippen molar-refractivity contribution in [1.29, 1.82) is 0 Å². The van der Waals surface area contributed by atoms with Crippen LogP contribution in [0.25, 0.3) is 110 Å². The minimum atomic E-state index is -0.408. The monoisotopic (exact) mass is 689 g/mol. The Morgan fingerprint density at radius 3 is 1.43 bits per heavy atom. The van der Waals surface area contributed by atoms with Crippen LogP contribution in [0.15, 0.2) is 194 Å². The predicted octanol–water partition coefficient (Wildman–Crippen LogP) is 14.1. The zero-order valence-corrected chi connectivity index (χ0v) is 29.0. The second-order valence-corrected chi connectivity index (χ2v) is 14.1. The van der Waals surface area contributed by atoms with Gasteiger partial charge in [-0.15, -0.1) is 0 Å². The molecule has 0 fully saturated rings. The van der Waals surface area contributed by atoms with E-state index in [4.69, 9.17) is 6.85 Å². The molecule has 2 nitrogen and oxygen atoms in total. The Morgan fingerprint density at radius 2 is 0.833 bits per heavy atom. The first-order valence-electron chi connectivity index (χ1n) is 20.8. The molecule has 0 aliphatic rings. The second kappa shape index (κ2) is 11.2. The fourth-order valence-corrected chi connectivity index (χ4v) is 9.02. The highest BCUT2D eigenvalue weighted by molar-refractivity contribution is 6.27. The van der Waals surface area contributed by atoms with Gasteiger partial charge in [-0.3, -0.25) is 0 Å². The van der Waals surface area contributed by atoms with E-state index in [2.05, 4.69) is 144 Å². The number of aromatic nitrogens is 2. The maximum absolute atomic E-state index is 8.94. The molecule has 0 bridgehead atoms. The lowest BCUT2D eigenvalue weighted by molar-refractivity contribution is 1.16. The van der Waals surface area contributed by atoms with Crippen LogP contribution in [0, 0.1) is 0 Å². The predicted molar refractivity (Wildman–Crippen MR) is 230 cm³/mol. The van der Waals surface area contributed by atoms with Gasteiger partial charge in [0.15, 0.2) is 0 Å². The Hall–Kier alpha value is -7.16. The second-order valence-electron chi connectivity index (χ2n) is 14.1. The van der Waals surface area contributed by atoms with Gasteiger partial charge in [0.2, 0.25) is 0 Å². The zero-order valence-electron chi connectivity index (χ0n) is 34.0. The Balaban J connectivity index is 1.07. The molecule has 2 heterocycles. The van der Waals surface area contributed by atoms with Crippen LogP contribution in [0.2, 0.25) is 0 Å². The van der Waals surface area contributed by atoms with Crippen molar-refractivity contribution in [3.8, 4) is 33.6 Å². The van der Waals surface area contributed by atoms with Crippen molar-refractivity contribution in [1.82, 2.24) is 9.13 Å². The quantitative estimate of drug-likeness (QED) is 0.163. The highest BCUT2D eigenvalue weighted by Crippen LogP contribution is 2.43. The molecule has 0 aliphatic carbocycles. The van der Waals surface area contributed by atoms with Crippen molar-refractivity contribution in [3.63, 3.8) is 0 Å². The van der Waals surface area contributed by atoms with Crippen LogP contribution in [0.4, 0.5) is 0 Å². The van der Waals surface area contributed by atoms with Gasteiger partial charge in [-0.05, 0) is 103 Å². The van der Waals surface area contributed by atoms with E-state index in [0.29, 0.717) is 0 Å². The highest BCUT2D eigenvalue weighted by atomic mass is 15.0. The minimum absolute atomic E-state index is 0.137. The molecule has 0 N–H and O–H groups in total. The number of fused-ring (bicyclic) bond motifs is 6. The third kappa shape index (κ3) is 4.11. The van der Waals surface area contributed by atoms with Gasteiger partial charge >= 0.3 is 0 Å². The number of hydrogen-bond donors (Lipinski definition) is 0. The van der Waals surface area contributed by atoms with Crippen LogP contribution in [-0.4, -0.2) is 9.13 Å². The van der Waals surface area contributed by atoms with Crippen molar-refractivity contribution in [2.75, 3.05) is 0 Å². The maximum Gasteiger partial charge on any atom is 0.0645 e. The molecule has 0 atom stereocenters. The molecular weight excluding hydrogens is 653 g/mol. The largest absolute Gasteiger partial charge is 0.309 e. The first-order chi connectivity index (χ1) is 28.9. The van der Waals surface area contributed by atoms with Crippen LogP contribution in [0.3, 0.4) is 0 Å². The van der Waals surface area contributed by atoms with E-state index in [-0.39, 0.29) is 29.9 Å². The summed E-state index contributed by atoms with van der Waals surface area (Å²) in [4.78, 5) is 0. The summed E-state index contributed by atoms with van der Waals surface area (Å²) in [6.07, 6.45) is 0. The number of para-hydroxylation sites is 3. The van der Waals surface area contributed by atoms with Crippen molar-refractivity contribution in [2.24, 2.45) is 0 Å². The Bertz CT molecular complexity index is 3680. The summed E-state index contributed by atoms with van der Waals surface area (Å²) in [6, 6.07) is 56.4. The van der Waals surface area contributed by atoms with Crippen molar-refractivity contribution < 1.29 is 6.85 Å². The first kappa shape index (κ1) is 24.9. The maximum atomic E-state index is 8.94. The van der Waals surface area contributed by atoms with Gasteiger partial charge in [-0.1, -0.05) is 146 Å². The summed E-state index contributed by atoms with van der Waals surface area (Å²) < 4.78 is 47.3. The molecule has 0 saturated heterocycles. The number of hydrogen-bond acceptors (Lipinski definition) is 0. The average Bonchev–Trinajstić information content (AvgIpc) is 3.78.